The van der Waals surface area contributed by atoms with Gasteiger partial charge in [-0.3, -0.25) is 4.98 Å². The second kappa shape index (κ2) is 10.2. The minimum Gasteiger partial charge on any atom is -1.00 e. The number of aromatic nitrogens is 2. The van der Waals surface area contributed by atoms with Crippen molar-refractivity contribution in [1.82, 2.24) is 4.98 Å². The molecule has 0 saturated carbocycles. The molecule has 0 aliphatic carbocycles. The first-order valence-electron chi connectivity index (χ1n) is 6.01. The highest BCUT2D eigenvalue weighted by Crippen LogP contribution is 1.93. The summed E-state index contributed by atoms with van der Waals surface area (Å²) in [4.78, 5) is 24.3. The Bertz CT molecular complexity index is 632. The molecule has 0 amide bonds. The Labute approximate surface area is 138 Å². The molecule has 0 fully saturated rings. The standard InChI is InChI=1S/C9H9NO2.C6H5NO2.BrH/c1-2-5-10-6-3-4-8(7-10)9(11)12;8-6(9)5-2-1-3-7-4-5;/h2-4,6-7H,1,5H2;1-4H,(H,8,9);1H. The lowest BCUT2D eigenvalue weighted by molar-refractivity contribution is -0.687. The van der Waals surface area contributed by atoms with Crippen molar-refractivity contribution in [3.05, 3.63) is 72.8 Å². The fraction of sp³-hybridized carbons (Fsp3) is 0.0667. The number of nitrogens with zero attached hydrogens (tertiary/aromatic N) is 2. The van der Waals surface area contributed by atoms with Crippen LogP contribution in [0.1, 0.15) is 20.7 Å². The molecular weight excluding hydrogens is 352 g/mol. The van der Waals surface area contributed by atoms with Gasteiger partial charge in [-0.25, -0.2) is 14.2 Å². The van der Waals surface area contributed by atoms with Gasteiger partial charge in [0.15, 0.2) is 18.9 Å². The van der Waals surface area contributed by atoms with Crippen molar-refractivity contribution in [3.63, 3.8) is 0 Å². The largest absolute Gasteiger partial charge is 1.00 e. The van der Waals surface area contributed by atoms with Crippen LogP contribution in [-0.4, -0.2) is 27.1 Å². The third-order valence-electron chi connectivity index (χ3n) is 2.35. The summed E-state index contributed by atoms with van der Waals surface area (Å²) in [7, 11) is 0. The van der Waals surface area contributed by atoms with Crippen LogP contribution in [0.5, 0.6) is 0 Å². The molecule has 2 heterocycles. The third-order valence-corrected chi connectivity index (χ3v) is 2.35. The van der Waals surface area contributed by atoms with Crippen LogP contribution in [0.3, 0.4) is 0 Å². The zero-order valence-corrected chi connectivity index (χ0v) is 13.2. The Morgan fingerprint density at radius 2 is 1.82 bits per heavy atom. The van der Waals surface area contributed by atoms with Crippen molar-refractivity contribution >= 4 is 11.9 Å². The molecule has 0 unspecified atom stereocenters. The highest BCUT2D eigenvalue weighted by molar-refractivity contribution is 5.87. The Morgan fingerprint density at radius 3 is 2.27 bits per heavy atom. The smallest absolute Gasteiger partial charge is 0.341 e. The van der Waals surface area contributed by atoms with E-state index in [9.17, 15) is 9.59 Å². The number of pyridine rings is 2. The molecule has 2 N–H and O–H groups in total. The van der Waals surface area contributed by atoms with Crippen LogP contribution in [-0.2, 0) is 6.54 Å². The molecule has 116 valence electrons. The predicted octanol–water partition coefficient (Wildman–Crippen LogP) is -1.36. The van der Waals surface area contributed by atoms with E-state index in [0.29, 0.717) is 12.1 Å². The summed E-state index contributed by atoms with van der Waals surface area (Å²) in [5, 5.41) is 17.0. The second-order valence-corrected chi connectivity index (χ2v) is 3.93. The molecule has 0 aromatic carbocycles. The Morgan fingerprint density at radius 1 is 1.18 bits per heavy atom. The van der Waals surface area contributed by atoms with Crippen LogP contribution in [0.25, 0.3) is 0 Å². The van der Waals surface area contributed by atoms with Crippen LogP contribution in [0.4, 0.5) is 0 Å². The number of allylic oxidation sites excluding steroid dienone is 1. The lowest BCUT2D eigenvalue weighted by atomic mass is 10.3. The van der Waals surface area contributed by atoms with E-state index in [-0.39, 0.29) is 22.5 Å². The molecule has 7 heteroatoms. The summed E-state index contributed by atoms with van der Waals surface area (Å²) in [6, 6.07) is 6.34. The molecule has 2 aromatic rings. The molecule has 0 bridgehead atoms. The summed E-state index contributed by atoms with van der Waals surface area (Å²) in [6.07, 6.45) is 7.93. The van der Waals surface area contributed by atoms with Gasteiger partial charge in [0, 0.05) is 18.5 Å². The highest BCUT2D eigenvalue weighted by Gasteiger charge is 2.06. The molecular formula is C15H15BrN2O4. The first-order valence-corrected chi connectivity index (χ1v) is 6.01. The van der Waals surface area contributed by atoms with Gasteiger partial charge >= 0.3 is 11.9 Å². The number of rotatable bonds is 4. The third kappa shape index (κ3) is 6.76. The fourth-order valence-electron chi connectivity index (χ4n) is 1.40. The maximum Gasteiger partial charge on any atom is 0.341 e. The molecule has 0 spiro atoms. The second-order valence-electron chi connectivity index (χ2n) is 3.93. The van der Waals surface area contributed by atoms with Gasteiger partial charge in [0.05, 0.1) is 5.56 Å². The van der Waals surface area contributed by atoms with Gasteiger partial charge in [-0.1, -0.05) is 6.58 Å². The van der Waals surface area contributed by atoms with E-state index in [1.165, 1.54) is 18.5 Å². The lowest BCUT2D eigenvalue weighted by Gasteiger charge is -1.92. The number of carboxylic acid groups (broad SMARTS) is 2. The monoisotopic (exact) mass is 366 g/mol. The SMILES string of the molecule is C=CC[n+]1cccc(C(=O)O)c1.O=C(O)c1cccnc1.[Br-]. The molecule has 2 aromatic heterocycles. The predicted molar refractivity (Wildman–Crippen MR) is 75.0 cm³/mol. The number of aromatic carboxylic acids is 2. The van der Waals surface area contributed by atoms with Gasteiger partial charge in [0.1, 0.15) is 5.56 Å². The Hall–Kier alpha value is -2.54. The van der Waals surface area contributed by atoms with Crippen molar-refractivity contribution in [1.29, 1.82) is 0 Å². The van der Waals surface area contributed by atoms with E-state index in [1.54, 1.807) is 41.2 Å². The van der Waals surface area contributed by atoms with Crippen molar-refractivity contribution in [2.75, 3.05) is 0 Å². The fourth-order valence-corrected chi connectivity index (χ4v) is 1.40. The van der Waals surface area contributed by atoms with E-state index in [0.717, 1.165) is 0 Å². The van der Waals surface area contributed by atoms with Crippen molar-refractivity contribution in [3.8, 4) is 0 Å². The zero-order chi connectivity index (χ0) is 15.7. The summed E-state index contributed by atoms with van der Waals surface area (Å²) >= 11 is 0. The van der Waals surface area contributed by atoms with Gasteiger partial charge in [-0.15, -0.1) is 0 Å². The summed E-state index contributed by atoms with van der Waals surface area (Å²) < 4.78 is 1.76. The molecule has 0 aliphatic rings. The number of carboxylic acids is 2. The first-order chi connectivity index (χ1) is 10.0. The Balaban J connectivity index is 0.000000397. The number of hydrogen-bond donors (Lipinski definition) is 2. The van der Waals surface area contributed by atoms with Gasteiger partial charge in [-0.05, 0) is 24.3 Å². The molecule has 0 saturated heterocycles. The zero-order valence-electron chi connectivity index (χ0n) is 11.6. The molecule has 0 atom stereocenters. The summed E-state index contributed by atoms with van der Waals surface area (Å²) in [5.74, 6) is -1.85. The maximum absolute atomic E-state index is 10.5. The molecule has 22 heavy (non-hydrogen) atoms. The highest BCUT2D eigenvalue weighted by atomic mass is 79.9. The van der Waals surface area contributed by atoms with Gasteiger partial charge < -0.3 is 27.2 Å². The minimum atomic E-state index is -0.942. The average molecular weight is 367 g/mol. The van der Waals surface area contributed by atoms with E-state index in [1.807, 2.05) is 0 Å². The number of carbonyl (C=O) groups is 2. The number of hydrogen-bond acceptors (Lipinski definition) is 3. The van der Waals surface area contributed by atoms with Crippen LogP contribution in [0.2, 0.25) is 0 Å². The normalized spacial score (nSPS) is 8.73. The Kier molecular flexibility index (Phi) is 9.04. The quantitative estimate of drug-likeness (QED) is 0.515. The van der Waals surface area contributed by atoms with E-state index < -0.39 is 11.9 Å². The lowest BCUT2D eigenvalue weighted by Crippen LogP contribution is -3.00. The minimum absolute atomic E-state index is 0. The van der Waals surface area contributed by atoms with Gasteiger partial charge in [-0.2, -0.15) is 0 Å². The van der Waals surface area contributed by atoms with Crippen molar-refractivity contribution in [2.24, 2.45) is 0 Å². The first kappa shape index (κ1) is 19.5. The summed E-state index contributed by atoms with van der Waals surface area (Å²) in [5.41, 5.74) is 0.511. The molecule has 0 radical (unpaired) electrons. The van der Waals surface area contributed by atoms with Crippen molar-refractivity contribution < 1.29 is 41.4 Å². The molecule has 0 aliphatic heterocycles. The molecule has 2 rings (SSSR count). The van der Waals surface area contributed by atoms with E-state index >= 15 is 0 Å². The average Bonchev–Trinajstić information content (AvgIpc) is 2.49. The van der Waals surface area contributed by atoms with Crippen LogP contribution in [0, 0.1) is 0 Å². The summed E-state index contributed by atoms with van der Waals surface area (Å²) in [6.45, 7) is 4.19. The van der Waals surface area contributed by atoms with Gasteiger partial charge in [0.2, 0.25) is 0 Å². The van der Waals surface area contributed by atoms with E-state index in [2.05, 4.69) is 11.6 Å². The van der Waals surface area contributed by atoms with Crippen LogP contribution >= 0.6 is 0 Å². The molecule has 6 nitrogen and oxygen atoms in total. The van der Waals surface area contributed by atoms with Crippen molar-refractivity contribution in [2.45, 2.75) is 6.54 Å². The van der Waals surface area contributed by atoms with Crippen LogP contribution < -0.4 is 21.5 Å². The number of halogens is 1. The van der Waals surface area contributed by atoms with E-state index in [4.69, 9.17) is 10.2 Å². The van der Waals surface area contributed by atoms with Crippen LogP contribution in [0.15, 0.2) is 61.7 Å². The van der Waals surface area contributed by atoms with Gasteiger partial charge in [0.25, 0.3) is 0 Å². The topological polar surface area (TPSA) is 91.4 Å². The maximum atomic E-state index is 10.5.